The minimum atomic E-state index is 0.0247. The molecule has 3 nitrogen and oxygen atoms in total. The Balaban J connectivity index is 0.00000172. The summed E-state index contributed by atoms with van der Waals surface area (Å²) in [5.41, 5.74) is 2.03. The molecular weight excluding hydrogens is 268 g/mol. The van der Waals surface area contributed by atoms with Gasteiger partial charge < -0.3 is 9.80 Å². The van der Waals surface area contributed by atoms with E-state index >= 15 is 0 Å². The summed E-state index contributed by atoms with van der Waals surface area (Å²) in [6.07, 6.45) is 1.05. The van der Waals surface area contributed by atoms with E-state index in [1.165, 1.54) is 0 Å². The first-order chi connectivity index (χ1) is 9.19. The van der Waals surface area contributed by atoms with Crippen molar-refractivity contribution in [3.8, 4) is 0 Å². The Bertz CT molecular complexity index is 481. The van der Waals surface area contributed by atoms with Crippen LogP contribution in [0, 0.1) is 9.93 Å². The van der Waals surface area contributed by atoms with Crippen molar-refractivity contribution in [3.63, 3.8) is 0 Å². The Kier molecular flexibility index (Phi) is 7.42. The standard InChI is InChI=1S/C14H24N2OS.C2H6/c1-7-15(5)11-10(12(17)13(11)18)16(6)9-8-14(2,3)4;1-2/h7-9H2,1-6H3;1-2H3. The lowest BCUT2D eigenvalue weighted by atomic mass is 9.92. The topological polar surface area (TPSA) is 23.6 Å². The highest BCUT2D eigenvalue weighted by molar-refractivity contribution is 7.71. The molecule has 1 aromatic carbocycles. The lowest BCUT2D eigenvalue weighted by Crippen LogP contribution is -2.34. The quantitative estimate of drug-likeness (QED) is 0.766. The van der Waals surface area contributed by atoms with Crippen LogP contribution < -0.4 is 15.2 Å². The maximum atomic E-state index is 11.9. The highest BCUT2D eigenvalue weighted by Crippen LogP contribution is 2.30. The summed E-state index contributed by atoms with van der Waals surface area (Å²) in [6, 6.07) is 0. The third-order valence-corrected chi connectivity index (χ3v) is 3.67. The molecule has 0 aliphatic heterocycles. The zero-order valence-electron chi connectivity index (χ0n) is 14.3. The predicted octanol–water partition coefficient (Wildman–Crippen LogP) is 4.01. The zero-order chi connectivity index (χ0) is 16.1. The second-order valence-electron chi connectivity index (χ2n) is 6.10. The van der Waals surface area contributed by atoms with Gasteiger partial charge in [-0.1, -0.05) is 46.8 Å². The zero-order valence-corrected chi connectivity index (χ0v) is 15.1. The van der Waals surface area contributed by atoms with Crippen LogP contribution >= 0.6 is 12.2 Å². The van der Waals surface area contributed by atoms with Gasteiger partial charge in [0.15, 0.2) is 0 Å². The molecule has 0 radical (unpaired) electrons. The number of rotatable bonds is 5. The molecule has 0 unspecified atom stereocenters. The summed E-state index contributed by atoms with van der Waals surface area (Å²) in [4.78, 5) is 16.0. The van der Waals surface area contributed by atoms with Crippen molar-refractivity contribution >= 4 is 23.6 Å². The molecule has 0 N–H and O–H groups in total. The summed E-state index contributed by atoms with van der Waals surface area (Å²) in [7, 11) is 3.95. The van der Waals surface area contributed by atoms with Gasteiger partial charge in [0.1, 0.15) is 10.2 Å². The van der Waals surface area contributed by atoms with Gasteiger partial charge in [-0.05, 0) is 18.8 Å². The first-order valence-electron chi connectivity index (χ1n) is 7.44. The van der Waals surface area contributed by atoms with Crippen molar-refractivity contribution in [2.45, 2.75) is 48.0 Å². The number of hydrogen-bond acceptors (Lipinski definition) is 4. The highest BCUT2D eigenvalue weighted by Gasteiger charge is 2.24. The van der Waals surface area contributed by atoms with Gasteiger partial charge in [0.2, 0.25) is 5.43 Å². The smallest absolute Gasteiger partial charge is 0.224 e. The Morgan fingerprint density at radius 3 is 1.95 bits per heavy atom. The van der Waals surface area contributed by atoms with E-state index in [2.05, 4.69) is 27.7 Å². The van der Waals surface area contributed by atoms with Gasteiger partial charge in [0.25, 0.3) is 0 Å². The summed E-state index contributed by atoms with van der Waals surface area (Å²) < 4.78 is 0.483. The van der Waals surface area contributed by atoms with Gasteiger partial charge in [0.05, 0.1) is 5.69 Å². The van der Waals surface area contributed by atoms with Crippen LogP contribution in [0.5, 0.6) is 0 Å². The van der Waals surface area contributed by atoms with E-state index in [1.54, 1.807) is 0 Å². The van der Waals surface area contributed by atoms with Crippen molar-refractivity contribution in [3.05, 3.63) is 14.7 Å². The first-order valence-corrected chi connectivity index (χ1v) is 7.85. The fourth-order valence-corrected chi connectivity index (χ4v) is 2.20. The Hall–Kier alpha value is -0.900. The van der Waals surface area contributed by atoms with Crippen molar-refractivity contribution in [2.24, 2.45) is 5.41 Å². The van der Waals surface area contributed by atoms with Crippen LogP contribution in [0.15, 0.2) is 4.79 Å². The van der Waals surface area contributed by atoms with Crippen LogP contribution in [0.1, 0.15) is 48.0 Å². The molecule has 4 heteroatoms. The summed E-state index contributed by atoms with van der Waals surface area (Å²) in [5.74, 6) is 0. The molecule has 116 valence electrons. The van der Waals surface area contributed by atoms with E-state index in [4.69, 9.17) is 12.2 Å². The van der Waals surface area contributed by atoms with Crippen LogP contribution in [0.2, 0.25) is 0 Å². The van der Waals surface area contributed by atoms with Gasteiger partial charge >= 0.3 is 0 Å². The number of hydrogen-bond donors (Lipinski definition) is 0. The SMILES string of the molecule is CC.CCN(C)c1c(N(C)CCC(C)(C)C)c(=O)c1=S. The molecule has 20 heavy (non-hydrogen) atoms. The molecule has 0 atom stereocenters. The molecule has 0 fully saturated rings. The van der Waals surface area contributed by atoms with E-state index in [9.17, 15) is 4.79 Å². The molecule has 0 aliphatic rings. The van der Waals surface area contributed by atoms with Crippen LogP contribution in [-0.2, 0) is 0 Å². The predicted molar refractivity (Wildman–Crippen MR) is 93.6 cm³/mol. The lowest BCUT2D eigenvalue weighted by Gasteiger charge is -2.30. The van der Waals surface area contributed by atoms with Gasteiger partial charge in [-0.2, -0.15) is 0 Å². The minimum absolute atomic E-state index is 0.0247. The minimum Gasteiger partial charge on any atom is -0.372 e. The second kappa shape index (κ2) is 7.77. The van der Waals surface area contributed by atoms with E-state index in [-0.39, 0.29) is 10.8 Å². The molecule has 0 aromatic heterocycles. The molecule has 1 aromatic rings. The number of nitrogens with zero attached hydrogens (tertiary/aromatic N) is 2. The molecule has 0 spiro atoms. The summed E-state index contributed by atoms with van der Waals surface area (Å²) in [6.45, 7) is 14.4. The Morgan fingerprint density at radius 2 is 1.55 bits per heavy atom. The third kappa shape index (κ3) is 4.58. The Morgan fingerprint density at radius 1 is 1.05 bits per heavy atom. The second-order valence-corrected chi connectivity index (χ2v) is 6.51. The number of anilines is 2. The normalized spacial score (nSPS) is 11.0. The molecule has 0 aliphatic carbocycles. The first kappa shape index (κ1) is 19.1. The largest absolute Gasteiger partial charge is 0.372 e. The fourth-order valence-electron chi connectivity index (χ4n) is 1.85. The van der Waals surface area contributed by atoms with Crippen LogP contribution in [0.3, 0.4) is 0 Å². The molecule has 0 amide bonds. The third-order valence-electron chi connectivity index (χ3n) is 3.30. The van der Waals surface area contributed by atoms with Crippen LogP contribution in [-0.4, -0.2) is 27.2 Å². The molecular formula is C16H30N2OS. The average Bonchev–Trinajstić information content (AvgIpc) is 2.41. The monoisotopic (exact) mass is 298 g/mol. The lowest BCUT2D eigenvalue weighted by molar-refractivity contribution is 0.381. The van der Waals surface area contributed by atoms with Gasteiger partial charge in [0, 0.05) is 27.2 Å². The van der Waals surface area contributed by atoms with E-state index in [0.717, 1.165) is 30.9 Å². The molecule has 0 heterocycles. The molecule has 1 rings (SSSR count). The van der Waals surface area contributed by atoms with E-state index < -0.39 is 0 Å². The molecule has 0 bridgehead atoms. The van der Waals surface area contributed by atoms with Crippen LogP contribution in [0.4, 0.5) is 11.4 Å². The van der Waals surface area contributed by atoms with E-state index in [1.807, 2.05) is 37.7 Å². The molecule has 0 saturated carbocycles. The van der Waals surface area contributed by atoms with Crippen LogP contribution in [0.25, 0.3) is 0 Å². The van der Waals surface area contributed by atoms with Crippen molar-refractivity contribution < 1.29 is 0 Å². The maximum Gasteiger partial charge on any atom is 0.224 e. The average molecular weight is 298 g/mol. The highest BCUT2D eigenvalue weighted by atomic mass is 32.1. The van der Waals surface area contributed by atoms with Gasteiger partial charge in [-0.15, -0.1) is 0 Å². The molecule has 0 saturated heterocycles. The summed E-state index contributed by atoms with van der Waals surface area (Å²) in [5, 5.41) is 0. The van der Waals surface area contributed by atoms with Crippen molar-refractivity contribution in [2.75, 3.05) is 37.0 Å². The van der Waals surface area contributed by atoms with Crippen molar-refractivity contribution in [1.29, 1.82) is 0 Å². The Labute approximate surface area is 129 Å². The summed E-state index contributed by atoms with van der Waals surface area (Å²) >= 11 is 5.15. The van der Waals surface area contributed by atoms with E-state index in [0.29, 0.717) is 4.51 Å². The maximum absolute atomic E-state index is 11.9. The van der Waals surface area contributed by atoms with Gasteiger partial charge in [-0.3, -0.25) is 4.79 Å². The fraction of sp³-hybridized carbons (Fsp3) is 0.750. The van der Waals surface area contributed by atoms with Gasteiger partial charge in [-0.25, -0.2) is 0 Å². The van der Waals surface area contributed by atoms with Crippen molar-refractivity contribution in [1.82, 2.24) is 0 Å².